The predicted octanol–water partition coefficient (Wildman–Crippen LogP) is 2.90. The van der Waals surface area contributed by atoms with Crippen LogP contribution >= 0.6 is 11.3 Å². The summed E-state index contributed by atoms with van der Waals surface area (Å²) in [7, 11) is 0. The van der Waals surface area contributed by atoms with Crippen LogP contribution in [-0.2, 0) is 17.6 Å². The van der Waals surface area contributed by atoms with Gasteiger partial charge in [-0.1, -0.05) is 18.2 Å². The van der Waals surface area contributed by atoms with Gasteiger partial charge in [-0.05, 0) is 38.3 Å². The molecule has 0 spiro atoms. The van der Waals surface area contributed by atoms with Crippen LogP contribution in [0.25, 0.3) is 0 Å². The summed E-state index contributed by atoms with van der Waals surface area (Å²) < 4.78 is 5.55. The number of benzene rings is 1. The maximum Gasteiger partial charge on any atom is 0.303 e. The molecule has 1 heterocycles. The van der Waals surface area contributed by atoms with Crippen LogP contribution in [-0.4, -0.2) is 46.5 Å². The molecule has 148 valence electrons. The first-order valence-corrected chi connectivity index (χ1v) is 10.1. The number of aliphatic carboxylic acids is 1. The Kier molecular flexibility index (Phi) is 9.24. The van der Waals surface area contributed by atoms with E-state index in [1.54, 1.807) is 11.3 Å². The van der Waals surface area contributed by atoms with Gasteiger partial charge in [-0.15, -0.1) is 11.3 Å². The minimum atomic E-state index is -0.740. The normalized spacial score (nSPS) is 13.3. The van der Waals surface area contributed by atoms with E-state index in [9.17, 15) is 9.90 Å². The van der Waals surface area contributed by atoms with E-state index in [2.05, 4.69) is 17.2 Å². The highest BCUT2D eigenvalue weighted by Gasteiger charge is 2.11. The van der Waals surface area contributed by atoms with Gasteiger partial charge >= 0.3 is 5.97 Å². The lowest BCUT2D eigenvalue weighted by molar-refractivity contribution is -0.137. The molecule has 6 nitrogen and oxygen atoms in total. The van der Waals surface area contributed by atoms with E-state index in [-0.39, 0.29) is 19.1 Å². The predicted molar refractivity (Wildman–Crippen MR) is 106 cm³/mol. The number of carboxylic acids is 1. The zero-order valence-corrected chi connectivity index (χ0v) is 16.5. The van der Waals surface area contributed by atoms with Crippen molar-refractivity contribution in [2.75, 3.05) is 13.2 Å². The van der Waals surface area contributed by atoms with Crippen LogP contribution in [0.1, 0.15) is 36.1 Å². The van der Waals surface area contributed by atoms with E-state index < -0.39 is 12.1 Å². The van der Waals surface area contributed by atoms with E-state index in [1.807, 2.05) is 36.5 Å². The first-order valence-electron chi connectivity index (χ1n) is 9.27. The molecule has 0 aliphatic heterocycles. The smallest absolute Gasteiger partial charge is 0.303 e. The van der Waals surface area contributed by atoms with E-state index >= 15 is 0 Å². The molecular weight excluding hydrogens is 364 g/mol. The number of nitrogens with one attached hydrogen (secondary N) is 1. The molecule has 1 aromatic heterocycles. The van der Waals surface area contributed by atoms with Gasteiger partial charge in [0.2, 0.25) is 0 Å². The quantitative estimate of drug-likeness (QED) is 0.454. The highest BCUT2D eigenvalue weighted by Crippen LogP contribution is 2.17. The molecule has 27 heavy (non-hydrogen) atoms. The number of rotatable bonds is 13. The topological polar surface area (TPSA) is 91.7 Å². The number of hydrogen-bond acceptors (Lipinski definition) is 6. The summed E-state index contributed by atoms with van der Waals surface area (Å²) in [6.45, 7) is 2.78. The molecule has 0 saturated heterocycles. The summed E-state index contributed by atoms with van der Waals surface area (Å²) in [6, 6.07) is 9.65. The lowest BCUT2D eigenvalue weighted by atomic mass is 10.2. The van der Waals surface area contributed by atoms with Gasteiger partial charge in [-0.25, -0.2) is 4.98 Å². The van der Waals surface area contributed by atoms with Gasteiger partial charge in [0.05, 0.1) is 5.01 Å². The number of ether oxygens (including phenoxy) is 1. The minimum absolute atomic E-state index is 0.197. The van der Waals surface area contributed by atoms with Crippen molar-refractivity contribution in [2.45, 2.75) is 51.2 Å². The lowest BCUT2D eigenvalue weighted by Gasteiger charge is -2.17. The van der Waals surface area contributed by atoms with Gasteiger partial charge in [0.15, 0.2) is 0 Å². The molecule has 1 aromatic carbocycles. The fourth-order valence-electron chi connectivity index (χ4n) is 2.57. The fraction of sp³-hybridized carbons (Fsp3) is 0.500. The average molecular weight is 393 g/mol. The molecule has 2 atom stereocenters. The number of nitrogens with zero attached hydrogens (tertiary/aromatic N) is 1. The Morgan fingerprint density at radius 2 is 2.07 bits per heavy atom. The van der Waals surface area contributed by atoms with Crippen LogP contribution in [0, 0.1) is 0 Å². The molecule has 0 radical (unpaired) electrons. The van der Waals surface area contributed by atoms with Crippen molar-refractivity contribution >= 4 is 17.3 Å². The Morgan fingerprint density at radius 1 is 1.30 bits per heavy atom. The molecular formula is C20H28N2O4S. The highest BCUT2D eigenvalue weighted by molar-refractivity contribution is 7.11. The van der Waals surface area contributed by atoms with Crippen molar-refractivity contribution < 1.29 is 19.7 Å². The molecule has 2 rings (SSSR count). The van der Waals surface area contributed by atoms with E-state index in [4.69, 9.17) is 9.84 Å². The molecule has 0 aliphatic rings. The fourth-order valence-corrected chi connectivity index (χ4v) is 3.67. The van der Waals surface area contributed by atoms with E-state index in [1.165, 1.54) is 4.88 Å². The second kappa shape index (κ2) is 11.7. The molecule has 0 bridgehead atoms. The summed E-state index contributed by atoms with van der Waals surface area (Å²) in [5.74, 6) is 0.0134. The van der Waals surface area contributed by atoms with Crippen LogP contribution in [0.15, 0.2) is 36.5 Å². The Morgan fingerprint density at radius 3 is 2.81 bits per heavy atom. The largest absolute Gasteiger partial charge is 0.491 e. The third-order valence-electron chi connectivity index (χ3n) is 4.03. The molecule has 7 heteroatoms. The number of carboxylic acid groups (broad SMARTS) is 1. The molecule has 0 unspecified atom stereocenters. The molecule has 0 amide bonds. The third kappa shape index (κ3) is 8.99. The highest BCUT2D eigenvalue weighted by atomic mass is 32.1. The number of thiazole rings is 1. The van der Waals surface area contributed by atoms with Gasteiger partial charge in [0, 0.05) is 36.5 Å². The first kappa shape index (κ1) is 21.3. The Bertz CT molecular complexity index is 678. The lowest BCUT2D eigenvalue weighted by Crippen LogP contribution is -2.37. The zero-order chi connectivity index (χ0) is 19.5. The van der Waals surface area contributed by atoms with Crippen molar-refractivity contribution in [3.8, 4) is 5.75 Å². The first-order chi connectivity index (χ1) is 13.0. The number of aromatic nitrogens is 1. The van der Waals surface area contributed by atoms with Crippen molar-refractivity contribution in [1.82, 2.24) is 10.3 Å². The summed E-state index contributed by atoms with van der Waals surface area (Å²) in [5, 5.41) is 23.1. The van der Waals surface area contributed by atoms with Crippen LogP contribution in [0.2, 0.25) is 0 Å². The van der Waals surface area contributed by atoms with Crippen LogP contribution in [0.3, 0.4) is 0 Å². The maximum absolute atomic E-state index is 10.5. The van der Waals surface area contributed by atoms with Gasteiger partial charge < -0.3 is 20.3 Å². The van der Waals surface area contributed by atoms with Gasteiger partial charge in [0.25, 0.3) is 0 Å². The number of aliphatic hydroxyl groups is 1. The van der Waals surface area contributed by atoms with Gasteiger partial charge in [-0.3, -0.25) is 4.79 Å². The average Bonchev–Trinajstić information content (AvgIpc) is 3.10. The van der Waals surface area contributed by atoms with Crippen LogP contribution < -0.4 is 10.1 Å². The third-order valence-corrected chi connectivity index (χ3v) is 5.11. The Labute approximate surface area is 164 Å². The monoisotopic (exact) mass is 392 g/mol. The van der Waals surface area contributed by atoms with Crippen molar-refractivity contribution in [1.29, 1.82) is 0 Å². The minimum Gasteiger partial charge on any atom is -0.491 e. The standard InChI is InChI=1S/C20H28N2O4S/c1-15(21-12-16(23)14-26-17-7-3-2-4-8-17)11-19-22-13-18(27-19)9-5-6-10-20(24)25/h2-4,7-8,13,15-16,21,23H,5-6,9-12,14H2,1H3,(H,24,25)/t15-,16+/m1/s1. The molecule has 0 fully saturated rings. The van der Waals surface area contributed by atoms with E-state index in [0.29, 0.717) is 13.0 Å². The summed E-state index contributed by atoms with van der Waals surface area (Å²) in [6.07, 6.45) is 4.78. The number of para-hydroxylation sites is 1. The summed E-state index contributed by atoms with van der Waals surface area (Å²) >= 11 is 1.68. The molecule has 0 saturated carbocycles. The van der Waals surface area contributed by atoms with Gasteiger partial charge in [0.1, 0.15) is 18.5 Å². The van der Waals surface area contributed by atoms with Crippen LogP contribution in [0.4, 0.5) is 0 Å². The Balaban J connectivity index is 1.62. The van der Waals surface area contributed by atoms with Crippen molar-refractivity contribution in [3.63, 3.8) is 0 Å². The molecule has 0 aliphatic carbocycles. The van der Waals surface area contributed by atoms with Crippen LogP contribution in [0.5, 0.6) is 5.75 Å². The SMILES string of the molecule is C[C@H](Cc1ncc(CCCCC(=O)O)s1)NC[C@H](O)COc1ccccc1. The second-order valence-corrected chi connectivity index (χ2v) is 7.81. The summed E-state index contributed by atoms with van der Waals surface area (Å²) in [5.41, 5.74) is 0. The molecule has 2 aromatic rings. The number of aryl methyl sites for hydroxylation is 1. The number of aliphatic hydroxyl groups excluding tert-OH is 1. The van der Waals surface area contributed by atoms with Crippen molar-refractivity contribution in [3.05, 3.63) is 46.4 Å². The maximum atomic E-state index is 10.5. The Hall–Kier alpha value is -1.96. The summed E-state index contributed by atoms with van der Waals surface area (Å²) in [4.78, 5) is 16.2. The van der Waals surface area contributed by atoms with E-state index in [0.717, 1.165) is 30.0 Å². The van der Waals surface area contributed by atoms with Gasteiger partial charge in [-0.2, -0.15) is 0 Å². The van der Waals surface area contributed by atoms with Crippen molar-refractivity contribution in [2.24, 2.45) is 0 Å². The second-order valence-electron chi connectivity index (χ2n) is 6.61. The zero-order valence-electron chi connectivity index (χ0n) is 15.6. The number of unbranched alkanes of at least 4 members (excludes halogenated alkanes) is 1. The number of hydrogen-bond donors (Lipinski definition) is 3. The number of carbonyl (C=O) groups is 1. The molecule has 3 N–H and O–H groups in total.